The van der Waals surface area contributed by atoms with E-state index in [1.165, 1.54) is 0 Å². The molecule has 6 heteroatoms. The lowest BCUT2D eigenvalue weighted by Gasteiger charge is -2.36. The molecule has 0 bridgehead atoms. The summed E-state index contributed by atoms with van der Waals surface area (Å²) >= 11 is 5.32. The number of nitrogens with one attached hydrogen (secondary N) is 1. The molecule has 0 saturated carbocycles. The summed E-state index contributed by atoms with van der Waals surface area (Å²) < 4.78 is 10.8. The van der Waals surface area contributed by atoms with Crippen LogP contribution in [-0.4, -0.2) is 48.3 Å². The molecule has 2 rings (SSSR count). The smallest absolute Gasteiger partial charge is 0.257 e. The molecule has 0 aliphatic carbocycles. The van der Waals surface area contributed by atoms with E-state index in [2.05, 4.69) is 5.32 Å². The van der Waals surface area contributed by atoms with Crippen molar-refractivity contribution in [2.45, 2.75) is 26.1 Å². The number of thiocarbonyl (C=S) groups is 1. The minimum absolute atomic E-state index is 0.0976. The number of hydrogen-bond acceptors (Lipinski definition) is 4. The zero-order valence-corrected chi connectivity index (χ0v) is 13.3. The van der Waals surface area contributed by atoms with Gasteiger partial charge in [0.2, 0.25) is 0 Å². The normalized spacial score (nSPS) is 21.8. The number of amides is 1. The summed E-state index contributed by atoms with van der Waals surface area (Å²) in [7, 11) is 1.57. The first-order valence-corrected chi connectivity index (χ1v) is 7.30. The molecule has 1 fully saturated rings. The Labute approximate surface area is 130 Å². The average molecular weight is 308 g/mol. The predicted octanol–water partition coefficient (Wildman–Crippen LogP) is 1.82. The van der Waals surface area contributed by atoms with Crippen LogP contribution in [0, 0.1) is 0 Å². The maximum Gasteiger partial charge on any atom is 0.257 e. The van der Waals surface area contributed by atoms with E-state index < -0.39 is 0 Å². The Morgan fingerprint density at radius 2 is 2.05 bits per heavy atom. The molecule has 1 amide bonds. The lowest BCUT2D eigenvalue weighted by atomic mass is 10.2. The minimum atomic E-state index is -0.231. The van der Waals surface area contributed by atoms with Gasteiger partial charge in [0.15, 0.2) is 5.11 Å². The molecule has 0 radical (unpaired) electrons. The highest BCUT2D eigenvalue weighted by atomic mass is 32.1. The Hall–Kier alpha value is -1.66. The van der Waals surface area contributed by atoms with Crippen molar-refractivity contribution in [1.82, 2.24) is 10.2 Å². The number of morpholine rings is 1. The van der Waals surface area contributed by atoms with E-state index in [1.54, 1.807) is 31.4 Å². The molecule has 1 aromatic rings. The van der Waals surface area contributed by atoms with Crippen molar-refractivity contribution in [1.29, 1.82) is 0 Å². The largest absolute Gasteiger partial charge is 0.497 e. The second-order valence-corrected chi connectivity index (χ2v) is 5.54. The fourth-order valence-electron chi connectivity index (χ4n) is 2.36. The van der Waals surface area contributed by atoms with Gasteiger partial charge in [-0.1, -0.05) is 6.07 Å². The molecule has 1 saturated heterocycles. The molecule has 21 heavy (non-hydrogen) atoms. The third-order valence-corrected chi connectivity index (χ3v) is 3.62. The van der Waals surface area contributed by atoms with Gasteiger partial charge in [0.1, 0.15) is 5.75 Å². The Kier molecular flexibility index (Phi) is 5.14. The summed E-state index contributed by atoms with van der Waals surface area (Å²) in [5, 5.41) is 3.20. The lowest BCUT2D eigenvalue weighted by Crippen LogP contribution is -2.52. The van der Waals surface area contributed by atoms with Gasteiger partial charge in [0.05, 0.1) is 19.3 Å². The monoisotopic (exact) mass is 308 g/mol. The SMILES string of the molecule is COc1cccc(C(=O)NC(=S)N2CC(C)OC(C)C2)c1. The average Bonchev–Trinajstić information content (AvgIpc) is 2.46. The van der Waals surface area contributed by atoms with Crippen molar-refractivity contribution < 1.29 is 14.3 Å². The number of nitrogens with zero attached hydrogens (tertiary/aromatic N) is 1. The number of hydrogen-bond donors (Lipinski definition) is 1. The fraction of sp³-hybridized carbons (Fsp3) is 0.467. The molecule has 1 aromatic carbocycles. The van der Waals surface area contributed by atoms with Crippen LogP contribution in [0.3, 0.4) is 0 Å². The van der Waals surface area contributed by atoms with Crippen LogP contribution in [0.2, 0.25) is 0 Å². The molecule has 114 valence electrons. The fourth-order valence-corrected chi connectivity index (χ4v) is 2.60. The molecular formula is C15H20N2O3S. The van der Waals surface area contributed by atoms with E-state index in [9.17, 15) is 4.79 Å². The van der Waals surface area contributed by atoms with Crippen molar-refractivity contribution in [2.75, 3.05) is 20.2 Å². The van der Waals surface area contributed by atoms with Gasteiger partial charge in [-0.15, -0.1) is 0 Å². The topological polar surface area (TPSA) is 50.8 Å². The Morgan fingerprint density at radius 1 is 1.38 bits per heavy atom. The van der Waals surface area contributed by atoms with Gasteiger partial charge >= 0.3 is 0 Å². The predicted molar refractivity (Wildman–Crippen MR) is 84.6 cm³/mol. The molecule has 1 aliphatic heterocycles. The van der Waals surface area contributed by atoms with Crippen LogP contribution in [0.4, 0.5) is 0 Å². The third-order valence-electron chi connectivity index (χ3n) is 3.26. The quantitative estimate of drug-likeness (QED) is 0.845. The van der Waals surface area contributed by atoms with Gasteiger partial charge in [0, 0.05) is 18.7 Å². The third kappa shape index (κ3) is 4.15. The van der Waals surface area contributed by atoms with E-state index in [1.807, 2.05) is 18.7 Å². The van der Waals surface area contributed by atoms with Crippen molar-refractivity contribution >= 4 is 23.2 Å². The number of methoxy groups -OCH3 is 1. The van der Waals surface area contributed by atoms with Crippen LogP contribution in [0.5, 0.6) is 5.75 Å². The summed E-state index contributed by atoms with van der Waals surface area (Å²) in [5.74, 6) is 0.410. The van der Waals surface area contributed by atoms with Crippen LogP contribution < -0.4 is 10.1 Å². The van der Waals surface area contributed by atoms with E-state index >= 15 is 0 Å². The van der Waals surface area contributed by atoms with Gasteiger partial charge in [-0.25, -0.2) is 0 Å². The minimum Gasteiger partial charge on any atom is -0.497 e. The lowest BCUT2D eigenvalue weighted by molar-refractivity contribution is -0.0481. The zero-order valence-electron chi connectivity index (χ0n) is 12.5. The van der Waals surface area contributed by atoms with Gasteiger partial charge in [-0.3, -0.25) is 10.1 Å². The maximum absolute atomic E-state index is 12.2. The first-order chi connectivity index (χ1) is 9.99. The number of ether oxygens (including phenoxy) is 2. The molecule has 1 heterocycles. The number of carbonyl (C=O) groups excluding carboxylic acids is 1. The maximum atomic E-state index is 12.2. The Bertz CT molecular complexity index is 525. The number of rotatable bonds is 2. The Morgan fingerprint density at radius 3 is 2.67 bits per heavy atom. The van der Waals surface area contributed by atoms with Gasteiger partial charge in [-0.05, 0) is 44.3 Å². The van der Waals surface area contributed by atoms with Crippen molar-refractivity contribution in [3.8, 4) is 5.75 Å². The second kappa shape index (κ2) is 6.87. The first-order valence-electron chi connectivity index (χ1n) is 6.89. The molecule has 0 spiro atoms. The summed E-state index contributed by atoms with van der Waals surface area (Å²) in [6.45, 7) is 5.35. The Balaban J connectivity index is 1.99. The van der Waals surface area contributed by atoms with Crippen LogP contribution in [-0.2, 0) is 4.74 Å². The molecule has 2 atom stereocenters. The zero-order chi connectivity index (χ0) is 15.4. The molecule has 1 N–H and O–H groups in total. The van der Waals surface area contributed by atoms with Crippen molar-refractivity contribution in [2.24, 2.45) is 0 Å². The molecule has 1 aliphatic rings. The van der Waals surface area contributed by atoms with E-state index in [0.29, 0.717) is 29.5 Å². The number of benzene rings is 1. The number of carbonyl (C=O) groups is 1. The van der Waals surface area contributed by atoms with Crippen LogP contribution in [0.1, 0.15) is 24.2 Å². The highest BCUT2D eigenvalue weighted by Crippen LogP contribution is 2.13. The first kappa shape index (κ1) is 15.7. The highest BCUT2D eigenvalue weighted by Gasteiger charge is 2.24. The van der Waals surface area contributed by atoms with Crippen molar-refractivity contribution in [3.05, 3.63) is 29.8 Å². The summed E-state index contributed by atoms with van der Waals surface area (Å²) in [6, 6.07) is 6.98. The van der Waals surface area contributed by atoms with E-state index in [-0.39, 0.29) is 18.1 Å². The van der Waals surface area contributed by atoms with E-state index in [0.717, 1.165) is 0 Å². The molecule has 5 nitrogen and oxygen atoms in total. The summed E-state index contributed by atoms with van der Waals surface area (Å²) in [6.07, 6.45) is 0.195. The molecule has 2 unspecified atom stereocenters. The molecule has 0 aromatic heterocycles. The van der Waals surface area contributed by atoms with Crippen LogP contribution in [0.25, 0.3) is 0 Å². The standard InChI is InChI=1S/C15H20N2O3S/c1-10-8-17(9-11(2)20-10)15(21)16-14(18)12-5-4-6-13(7-12)19-3/h4-7,10-11H,8-9H2,1-3H3,(H,16,18,21). The second-order valence-electron chi connectivity index (χ2n) is 5.15. The van der Waals surface area contributed by atoms with E-state index in [4.69, 9.17) is 21.7 Å². The van der Waals surface area contributed by atoms with Crippen LogP contribution >= 0.6 is 12.2 Å². The van der Waals surface area contributed by atoms with Crippen molar-refractivity contribution in [3.63, 3.8) is 0 Å². The van der Waals surface area contributed by atoms with Gasteiger partial charge < -0.3 is 14.4 Å². The summed E-state index contributed by atoms with van der Waals surface area (Å²) in [5.41, 5.74) is 0.519. The van der Waals surface area contributed by atoms with Crippen LogP contribution in [0.15, 0.2) is 24.3 Å². The molecular weight excluding hydrogens is 288 g/mol. The summed E-state index contributed by atoms with van der Waals surface area (Å²) in [4.78, 5) is 14.2. The van der Waals surface area contributed by atoms with Gasteiger partial charge in [0.25, 0.3) is 5.91 Å². The highest BCUT2D eigenvalue weighted by molar-refractivity contribution is 7.80. The van der Waals surface area contributed by atoms with Gasteiger partial charge in [-0.2, -0.15) is 0 Å².